The van der Waals surface area contributed by atoms with Crippen LogP contribution in [0.5, 0.6) is 5.75 Å². The van der Waals surface area contributed by atoms with Crippen molar-refractivity contribution in [2.45, 2.75) is 25.7 Å². The van der Waals surface area contributed by atoms with Crippen LogP contribution in [0.15, 0.2) is 24.3 Å². The molecular weight excluding hydrogens is 186 g/mol. The van der Waals surface area contributed by atoms with Crippen molar-refractivity contribution in [3.63, 3.8) is 0 Å². The summed E-state index contributed by atoms with van der Waals surface area (Å²) >= 11 is 0. The Morgan fingerprint density at radius 3 is 2.40 bits per heavy atom. The van der Waals surface area contributed by atoms with E-state index in [2.05, 4.69) is 11.4 Å². The van der Waals surface area contributed by atoms with Crippen LogP contribution in [0.2, 0.25) is 0 Å². The first-order valence-electron chi connectivity index (χ1n) is 5.70. The molecule has 1 aliphatic rings. The first kappa shape index (κ1) is 10.5. The number of phenols is 1. The van der Waals surface area contributed by atoms with Crippen molar-refractivity contribution in [2.75, 3.05) is 13.1 Å². The van der Waals surface area contributed by atoms with Crippen LogP contribution in [0.3, 0.4) is 0 Å². The molecule has 0 unspecified atom stereocenters. The lowest BCUT2D eigenvalue weighted by Gasteiger charge is -2.25. The second-order valence-electron chi connectivity index (χ2n) is 4.15. The number of aromatic hydroxyl groups is 1. The van der Waals surface area contributed by atoms with Crippen molar-refractivity contribution in [1.82, 2.24) is 4.90 Å². The van der Waals surface area contributed by atoms with Crippen LogP contribution >= 0.6 is 0 Å². The fourth-order valence-corrected chi connectivity index (χ4v) is 1.97. The minimum Gasteiger partial charge on any atom is -0.508 e. The third-order valence-corrected chi connectivity index (χ3v) is 2.91. The van der Waals surface area contributed by atoms with E-state index in [-0.39, 0.29) is 0 Å². The van der Waals surface area contributed by atoms with E-state index < -0.39 is 0 Å². The third kappa shape index (κ3) is 3.24. The Kier molecular flexibility index (Phi) is 3.62. The second-order valence-corrected chi connectivity index (χ2v) is 4.15. The molecule has 0 aliphatic carbocycles. The Balaban J connectivity index is 1.79. The Morgan fingerprint density at radius 2 is 1.73 bits per heavy atom. The molecule has 1 aromatic rings. The van der Waals surface area contributed by atoms with Crippen LogP contribution in [-0.4, -0.2) is 23.1 Å². The van der Waals surface area contributed by atoms with Gasteiger partial charge in [-0.2, -0.15) is 0 Å². The molecule has 15 heavy (non-hydrogen) atoms. The fourth-order valence-electron chi connectivity index (χ4n) is 1.97. The Labute approximate surface area is 91.5 Å². The number of hydrogen-bond acceptors (Lipinski definition) is 2. The quantitative estimate of drug-likeness (QED) is 0.818. The van der Waals surface area contributed by atoms with Crippen LogP contribution < -0.4 is 0 Å². The molecule has 2 nitrogen and oxygen atoms in total. The minimum atomic E-state index is 0.344. The summed E-state index contributed by atoms with van der Waals surface area (Å²) in [6.07, 6.45) is 5.00. The molecule has 0 saturated carbocycles. The van der Waals surface area contributed by atoms with Crippen LogP contribution in [-0.2, 0) is 6.42 Å². The Morgan fingerprint density at radius 1 is 1.07 bits per heavy atom. The largest absolute Gasteiger partial charge is 0.508 e. The normalized spacial score (nSPS) is 17.9. The lowest BCUT2D eigenvalue weighted by Crippen LogP contribution is -2.27. The zero-order chi connectivity index (χ0) is 10.5. The molecule has 1 aliphatic heterocycles. The molecular formula is C13H18NO. The monoisotopic (exact) mass is 204 g/mol. The summed E-state index contributed by atoms with van der Waals surface area (Å²) in [5.41, 5.74) is 1.26. The highest BCUT2D eigenvalue weighted by Gasteiger charge is 2.09. The van der Waals surface area contributed by atoms with Crippen LogP contribution in [0.25, 0.3) is 0 Å². The van der Waals surface area contributed by atoms with Crippen molar-refractivity contribution in [3.05, 3.63) is 36.4 Å². The van der Waals surface area contributed by atoms with Crippen molar-refractivity contribution in [2.24, 2.45) is 0 Å². The van der Waals surface area contributed by atoms with Gasteiger partial charge in [-0.1, -0.05) is 18.6 Å². The van der Waals surface area contributed by atoms with E-state index in [1.807, 2.05) is 12.1 Å². The maximum atomic E-state index is 9.15. The zero-order valence-electron chi connectivity index (χ0n) is 9.02. The topological polar surface area (TPSA) is 23.5 Å². The van der Waals surface area contributed by atoms with Gasteiger partial charge in [0, 0.05) is 6.54 Å². The average Bonchev–Trinajstić information content (AvgIpc) is 2.30. The lowest BCUT2D eigenvalue weighted by molar-refractivity contribution is 0.273. The van der Waals surface area contributed by atoms with Gasteiger partial charge in [0.15, 0.2) is 0 Å². The first-order valence-corrected chi connectivity index (χ1v) is 5.70. The Bertz CT molecular complexity index is 288. The van der Waals surface area contributed by atoms with Gasteiger partial charge in [0.2, 0.25) is 0 Å². The molecule has 1 radical (unpaired) electrons. The van der Waals surface area contributed by atoms with E-state index in [4.69, 9.17) is 5.11 Å². The summed E-state index contributed by atoms with van der Waals surface area (Å²) in [6, 6.07) is 7.46. The number of hydrogen-bond donors (Lipinski definition) is 1. The summed E-state index contributed by atoms with van der Waals surface area (Å²) in [7, 11) is 0. The number of rotatable bonds is 3. The van der Waals surface area contributed by atoms with E-state index in [0.717, 1.165) is 6.42 Å². The van der Waals surface area contributed by atoms with Crippen molar-refractivity contribution in [1.29, 1.82) is 0 Å². The van der Waals surface area contributed by atoms with E-state index in [9.17, 15) is 0 Å². The van der Waals surface area contributed by atoms with Crippen LogP contribution in [0.4, 0.5) is 0 Å². The molecule has 0 atom stereocenters. The molecule has 1 saturated heterocycles. The van der Waals surface area contributed by atoms with E-state index >= 15 is 0 Å². The highest BCUT2D eigenvalue weighted by Crippen LogP contribution is 2.14. The highest BCUT2D eigenvalue weighted by molar-refractivity contribution is 5.26. The molecule has 1 fully saturated rings. The molecule has 1 N–H and O–H groups in total. The lowest BCUT2D eigenvalue weighted by atomic mass is 10.1. The molecule has 0 aromatic heterocycles. The van der Waals surface area contributed by atoms with E-state index in [0.29, 0.717) is 5.75 Å². The first-order chi connectivity index (χ1) is 7.34. The standard InChI is InChI=1S/C13H18NO/c15-13-6-4-12(5-7-13)8-11-14-9-2-1-3-10-14/h4-7,11,15H,1-3,8-10H2. The predicted molar refractivity (Wildman–Crippen MR) is 61.5 cm³/mol. The van der Waals surface area contributed by atoms with Crippen molar-refractivity contribution < 1.29 is 5.11 Å². The maximum absolute atomic E-state index is 9.15. The molecule has 2 rings (SSSR count). The van der Waals surface area contributed by atoms with Gasteiger partial charge in [-0.15, -0.1) is 0 Å². The second kappa shape index (κ2) is 5.17. The number of piperidine rings is 1. The highest BCUT2D eigenvalue weighted by atomic mass is 16.3. The van der Waals surface area contributed by atoms with Crippen LogP contribution in [0, 0.1) is 6.54 Å². The maximum Gasteiger partial charge on any atom is 0.115 e. The number of benzene rings is 1. The Hall–Kier alpha value is -1.02. The smallest absolute Gasteiger partial charge is 0.115 e. The molecule has 0 bridgehead atoms. The van der Waals surface area contributed by atoms with Gasteiger partial charge in [0.05, 0.1) is 0 Å². The van der Waals surface area contributed by atoms with Gasteiger partial charge in [0.25, 0.3) is 0 Å². The zero-order valence-corrected chi connectivity index (χ0v) is 9.02. The average molecular weight is 204 g/mol. The van der Waals surface area contributed by atoms with Gasteiger partial charge in [-0.25, -0.2) is 0 Å². The fraction of sp³-hybridized carbons (Fsp3) is 0.462. The molecule has 1 heterocycles. The number of nitrogens with zero attached hydrogens (tertiary/aromatic N) is 1. The number of likely N-dealkylation sites (tertiary alicyclic amines) is 1. The van der Waals surface area contributed by atoms with Crippen molar-refractivity contribution in [3.8, 4) is 5.75 Å². The summed E-state index contributed by atoms with van der Waals surface area (Å²) in [4.78, 5) is 2.41. The summed E-state index contributed by atoms with van der Waals surface area (Å²) < 4.78 is 0. The molecule has 1 aromatic carbocycles. The van der Waals surface area contributed by atoms with Crippen LogP contribution in [0.1, 0.15) is 24.8 Å². The SMILES string of the molecule is Oc1ccc(C[CH]N2CCCCC2)cc1. The van der Waals surface area contributed by atoms with Gasteiger partial charge in [-0.05, 0) is 50.0 Å². The summed E-state index contributed by atoms with van der Waals surface area (Å²) in [6.45, 7) is 4.70. The van der Waals surface area contributed by atoms with Crippen molar-refractivity contribution >= 4 is 0 Å². The minimum absolute atomic E-state index is 0.344. The number of phenolic OH excluding ortho intramolecular Hbond substituents is 1. The molecule has 0 spiro atoms. The van der Waals surface area contributed by atoms with Gasteiger partial charge < -0.3 is 5.11 Å². The third-order valence-electron chi connectivity index (χ3n) is 2.91. The molecule has 2 heteroatoms. The summed E-state index contributed by atoms with van der Waals surface area (Å²) in [5.74, 6) is 0.344. The van der Waals surface area contributed by atoms with Gasteiger partial charge in [-0.3, -0.25) is 4.90 Å². The molecule has 81 valence electrons. The van der Waals surface area contributed by atoms with E-state index in [1.54, 1.807) is 12.1 Å². The van der Waals surface area contributed by atoms with Gasteiger partial charge in [0.1, 0.15) is 5.75 Å². The molecule has 0 amide bonds. The predicted octanol–water partition coefficient (Wildman–Crippen LogP) is 2.58. The van der Waals surface area contributed by atoms with E-state index in [1.165, 1.54) is 37.9 Å². The van der Waals surface area contributed by atoms with Gasteiger partial charge >= 0.3 is 0 Å². The summed E-state index contributed by atoms with van der Waals surface area (Å²) in [5, 5.41) is 9.15.